The molecule has 0 radical (unpaired) electrons. The van der Waals surface area contributed by atoms with Crippen molar-refractivity contribution in [3.63, 3.8) is 0 Å². The minimum absolute atomic E-state index is 0.276. The van der Waals surface area contributed by atoms with Crippen LogP contribution in [0.15, 0.2) is 59.6 Å². The number of hydrogen-bond donors (Lipinski definition) is 0. The second-order valence-corrected chi connectivity index (χ2v) is 9.52. The summed E-state index contributed by atoms with van der Waals surface area (Å²) in [4.78, 5) is 2.71. The van der Waals surface area contributed by atoms with Crippen molar-refractivity contribution in [1.29, 1.82) is 0 Å². The van der Waals surface area contributed by atoms with Gasteiger partial charge in [0, 0.05) is 30.1 Å². The van der Waals surface area contributed by atoms with Crippen LogP contribution in [0.5, 0.6) is 0 Å². The first kappa shape index (κ1) is 19.8. The lowest BCUT2D eigenvalue weighted by molar-refractivity contribution is 0.316. The van der Waals surface area contributed by atoms with Gasteiger partial charge in [0.2, 0.25) is 0 Å². The molecular weight excluding hydrogens is 389 g/mol. The van der Waals surface area contributed by atoms with Crippen molar-refractivity contribution in [1.82, 2.24) is 14.7 Å². The Bertz CT molecular complexity index is 1080. The van der Waals surface area contributed by atoms with E-state index in [0.29, 0.717) is 0 Å². The maximum Gasteiger partial charge on any atom is 0.175 e. The molecule has 1 aliphatic rings. The van der Waals surface area contributed by atoms with Gasteiger partial charge in [0.05, 0.1) is 11.4 Å². The van der Waals surface area contributed by atoms with E-state index in [4.69, 9.17) is 5.10 Å². The largest absolute Gasteiger partial charge is 0.301 e. The summed E-state index contributed by atoms with van der Waals surface area (Å²) >= 11 is 0. The van der Waals surface area contributed by atoms with Crippen LogP contribution >= 0.6 is 0 Å². The summed E-state index contributed by atoms with van der Waals surface area (Å²) in [5.74, 6) is -0.283. The maximum absolute atomic E-state index is 13.4. The van der Waals surface area contributed by atoms with Gasteiger partial charge in [0.15, 0.2) is 9.84 Å². The highest BCUT2D eigenvalue weighted by Gasteiger charge is 2.16. The molecule has 3 aromatic rings. The highest BCUT2D eigenvalue weighted by atomic mass is 32.2. The molecule has 7 heteroatoms. The Morgan fingerprint density at radius 1 is 0.931 bits per heavy atom. The summed E-state index contributed by atoms with van der Waals surface area (Å²) in [5, 5.41) is 4.78. The van der Waals surface area contributed by atoms with Crippen LogP contribution in [-0.2, 0) is 16.4 Å². The molecule has 1 fully saturated rings. The minimum atomic E-state index is -3.25. The Labute approximate surface area is 170 Å². The Morgan fingerprint density at radius 2 is 1.55 bits per heavy atom. The SMILES string of the molecule is CS(=O)(=O)c1ccc(-c2nn(CCN3CCCC3)cc2-c2ccc(F)cc2)cc1. The van der Waals surface area contributed by atoms with Gasteiger partial charge >= 0.3 is 0 Å². The van der Waals surface area contributed by atoms with Gasteiger partial charge in [-0.05, 0) is 55.8 Å². The molecule has 1 aliphatic heterocycles. The zero-order valence-electron chi connectivity index (χ0n) is 16.4. The summed E-state index contributed by atoms with van der Waals surface area (Å²) in [7, 11) is -3.25. The smallest absolute Gasteiger partial charge is 0.175 e. The van der Waals surface area contributed by atoms with Gasteiger partial charge in [0.25, 0.3) is 0 Å². The number of likely N-dealkylation sites (tertiary alicyclic amines) is 1. The van der Waals surface area contributed by atoms with Gasteiger partial charge < -0.3 is 4.90 Å². The highest BCUT2D eigenvalue weighted by molar-refractivity contribution is 7.90. The minimum Gasteiger partial charge on any atom is -0.301 e. The van der Waals surface area contributed by atoms with Gasteiger partial charge in [0.1, 0.15) is 11.5 Å². The summed E-state index contributed by atoms with van der Waals surface area (Å²) in [6.45, 7) is 3.98. The number of sulfone groups is 1. The van der Waals surface area contributed by atoms with Crippen LogP contribution in [-0.4, -0.2) is 49.0 Å². The molecule has 1 saturated heterocycles. The Kier molecular flexibility index (Phi) is 5.52. The zero-order valence-corrected chi connectivity index (χ0v) is 17.2. The fraction of sp³-hybridized carbons (Fsp3) is 0.318. The van der Waals surface area contributed by atoms with Crippen molar-refractivity contribution in [2.24, 2.45) is 0 Å². The third-order valence-corrected chi connectivity index (χ3v) is 6.45. The fourth-order valence-electron chi connectivity index (χ4n) is 3.70. The standard InChI is InChI=1S/C22H24FN3O2S/c1-29(27,28)20-10-6-18(7-11-20)22-21(17-4-8-19(23)9-5-17)16-26(24-22)15-14-25-12-2-3-13-25/h4-11,16H,2-3,12-15H2,1H3. The van der Waals surface area contributed by atoms with Crippen molar-refractivity contribution < 1.29 is 12.8 Å². The van der Waals surface area contributed by atoms with E-state index in [0.717, 1.165) is 48.6 Å². The van der Waals surface area contributed by atoms with E-state index in [1.54, 1.807) is 36.4 Å². The van der Waals surface area contributed by atoms with Gasteiger partial charge in [-0.1, -0.05) is 24.3 Å². The Balaban J connectivity index is 1.69. The maximum atomic E-state index is 13.4. The van der Waals surface area contributed by atoms with E-state index in [1.807, 2.05) is 10.9 Å². The van der Waals surface area contributed by atoms with Crippen molar-refractivity contribution in [3.05, 3.63) is 60.5 Å². The monoisotopic (exact) mass is 413 g/mol. The summed E-state index contributed by atoms with van der Waals surface area (Å²) in [6, 6.07) is 13.1. The molecule has 0 aliphatic carbocycles. The van der Waals surface area contributed by atoms with Crippen molar-refractivity contribution in [2.75, 3.05) is 25.9 Å². The summed E-state index contributed by atoms with van der Waals surface area (Å²) in [6.07, 6.45) is 5.68. The molecule has 2 heterocycles. The molecule has 0 amide bonds. The number of halogens is 1. The van der Waals surface area contributed by atoms with Crippen LogP contribution in [0, 0.1) is 5.82 Å². The Morgan fingerprint density at radius 3 is 2.17 bits per heavy atom. The van der Waals surface area contributed by atoms with Gasteiger partial charge in [-0.15, -0.1) is 0 Å². The normalized spacial score (nSPS) is 15.1. The molecule has 5 nitrogen and oxygen atoms in total. The van der Waals surface area contributed by atoms with Crippen LogP contribution in [0.2, 0.25) is 0 Å². The second kappa shape index (κ2) is 8.08. The van der Waals surface area contributed by atoms with Crippen LogP contribution in [0.1, 0.15) is 12.8 Å². The van der Waals surface area contributed by atoms with Crippen molar-refractivity contribution in [3.8, 4) is 22.4 Å². The average molecular weight is 414 g/mol. The van der Waals surface area contributed by atoms with E-state index in [2.05, 4.69) is 4.90 Å². The van der Waals surface area contributed by atoms with Gasteiger partial charge in [-0.2, -0.15) is 5.10 Å². The lowest BCUT2D eigenvalue weighted by Gasteiger charge is -2.13. The van der Waals surface area contributed by atoms with Gasteiger partial charge in [-0.25, -0.2) is 12.8 Å². The van der Waals surface area contributed by atoms with E-state index in [9.17, 15) is 12.8 Å². The summed E-state index contributed by atoms with van der Waals surface area (Å²) < 4.78 is 38.8. The first-order chi connectivity index (χ1) is 13.9. The first-order valence-electron chi connectivity index (χ1n) is 9.76. The molecular formula is C22H24FN3O2S. The predicted molar refractivity (Wildman–Crippen MR) is 112 cm³/mol. The van der Waals surface area contributed by atoms with E-state index in [1.165, 1.54) is 31.2 Å². The molecule has 0 saturated carbocycles. The number of nitrogens with zero attached hydrogens (tertiary/aromatic N) is 3. The fourth-order valence-corrected chi connectivity index (χ4v) is 4.33. The molecule has 0 atom stereocenters. The van der Waals surface area contributed by atoms with Crippen LogP contribution in [0.25, 0.3) is 22.4 Å². The van der Waals surface area contributed by atoms with E-state index < -0.39 is 9.84 Å². The molecule has 29 heavy (non-hydrogen) atoms. The molecule has 152 valence electrons. The van der Waals surface area contributed by atoms with Crippen molar-refractivity contribution in [2.45, 2.75) is 24.3 Å². The third-order valence-electron chi connectivity index (χ3n) is 5.32. The summed E-state index contributed by atoms with van der Waals surface area (Å²) in [5.41, 5.74) is 3.37. The topological polar surface area (TPSA) is 55.2 Å². The van der Waals surface area contributed by atoms with Crippen LogP contribution < -0.4 is 0 Å². The number of rotatable bonds is 6. The number of hydrogen-bond acceptors (Lipinski definition) is 4. The van der Waals surface area contributed by atoms with Crippen molar-refractivity contribution >= 4 is 9.84 Å². The molecule has 0 bridgehead atoms. The first-order valence-corrected chi connectivity index (χ1v) is 11.7. The second-order valence-electron chi connectivity index (χ2n) is 7.51. The molecule has 1 aromatic heterocycles. The average Bonchev–Trinajstić information content (AvgIpc) is 3.36. The van der Waals surface area contributed by atoms with E-state index in [-0.39, 0.29) is 10.7 Å². The van der Waals surface area contributed by atoms with Crippen LogP contribution in [0.4, 0.5) is 4.39 Å². The highest BCUT2D eigenvalue weighted by Crippen LogP contribution is 2.32. The van der Waals surface area contributed by atoms with Gasteiger partial charge in [-0.3, -0.25) is 4.68 Å². The molecule has 4 rings (SSSR count). The quantitative estimate of drug-likeness (QED) is 0.616. The Hall–Kier alpha value is -2.51. The lowest BCUT2D eigenvalue weighted by Crippen LogP contribution is -2.24. The molecule has 0 spiro atoms. The molecule has 0 N–H and O–H groups in total. The molecule has 2 aromatic carbocycles. The third kappa shape index (κ3) is 4.57. The zero-order chi connectivity index (χ0) is 20.4. The molecule has 0 unspecified atom stereocenters. The van der Waals surface area contributed by atoms with Crippen LogP contribution in [0.3, 0.4) is 0 Å². The number of aromatic nitrogens is 2. The lowest BCUT2D eigenvalue weighted by atomic mass is 10.0. The predicted octanol–water partition coefficient (Wildman–Crippen LogP) is 3.86. The van der Waals surface area contributed by atoms with E-state index >= 15 is 0 Å². The number of benzene rings is 2.